The number of hydrogen-bond donors (Lipinski definition) is 2. The van der Waals surface area contributed by atoms with Gasteiger partial charge in [-0.15, -0.1) is 0 Å². The summed E-state index contributed by atoms with van der Waals surface area (Å²) in [5, 5.41) is 5.20. The molecule has 170 valence electrons. The molecule has 1 aliphatic heterocycles. The largest absolute Gasteiger partial charge is 0.459 e. The lowest BCUT2D eigenvalue weighted by molar-refractivity contribution is -0.153. The minimum atomic E-state index is -0.702. The molecular weight excluding hydrogens is 414 g/mol. The van der Waals surface area contributed by atoms with Crippen LogP contribution in [0.2, 0.25) is 0 Å². The van der Waals surface area contributed by atoms with Gasteiger partial charge in [0.15, 0.2) is 11.5 Å². The van der Waals surface area contributed by atoms with Crippen molar-refractivity contribution in [1.82, 2.24) is 5.32 Å². The first kappa shape index (κ1) is 22.9. The van der Waals surface area contributed by atoms with E-state index in [9.17, 15) is 14.4 Å². The first-order chi connectivity index (χ1) is 15.1. The van der Waals surface area contributed by atoms with Crippen molar-refractivity contribution in [1.29, 1.82) is 0 Å². The molecule has 2 aromatic carbocycles. The van der Waals surface area contributed by atoms with Crippen LogP contribution in [-0.4, -0.2) is 43.4 Å². The summed E-state index contributed by atoms with van der Waals surface area (Å²) in [5.41, 5.74) is 1.32. The van der Waals surface area contributed by atoms with Crippen LogP contribution >= 0.6 is 0 Å². The van der Waals surface area contributed by atoms with E-state index in [-0.39, 0.29) is 19.9 Å². The quantitative estimate of drug-likeness (QED) is 0.667. The number of anilines is 2. The highest BCUT2D eigenvalue weighted by atomic mass is 16.7. The normalized spacial score (nSPS) is 12.1. The first-order valence-corrected chi connectivity index (χ1v) is 10.1. The van der Waals surface area contributed by atoms with Crippen LogP contribution in [0.25, 0.3) is 0 Å². The highest BCUT2D eigenvalue weighted by Crippen LogP contribution is 2.35. The van der Waals surface area contributed by atoms with Gasteiger partial charge >= 0.3 is 12.0 Å². The lowest BCUT2D eigenvalue weighted by Crippen LogP contribution is -2.45. The molecule has 0 radical (unpaired) electrons. The lowest BCUT2D eigenvalue weighted by Gasteiger charge is -2.25. The van der Waals surface area contributed by atoms with Crippen molar-refractivity contribution < 1.29 is 28.6 Å². The molecule has 0 spiro atoms. The number of esters is 1. The number of fused-ring (bicyclic) bond motifs is 1. The van der Waals surface area contributed by atoms with Gasteiger partial charge in [-0.1, -0.05) is 12.1 Å². The van der Waals surface area contributed by atoms with Gasteiger partial charge in [0.25, 0.3) is 0 Å². The molecule has 0 unspecified atom stereocenters. The summed E-state index contributed by atoms with van der Waals surface area (Å²) in [6.45, 7) is 6.58. The van der Waals surface area contributed by atoms with Gasteiger partial charge in [0, 0.05) is 17.4 Å². The number of aryl methyl sites for hydroxylation is 1. The van der Waals surface area contributed by atoms with E-state index in [0.717, 1.165) is 5.56 Å². The number of nitrogens with one attached hydrogen (secondary N) is 2. The van der Waals surface area contributed by atoms with Crippen LogP contribution in [0.5, 0.6) is 11.5 Å². The predicted octanol–water partition coefficient (Wildman–Crippen LogP) is 3.22. The Morgan fingerprint density at radius 2 is 1.81 bits per heavy atom. The second kappa shape index (κ2) is 9.59. The molecule has 9 heteroatoms. The lowest BCUT2D eigenvalue weighted by atomic mass is 10.2. The second-order valence-corrected chi connectivity index (χ2v) is 8.28. The SMILES string of the molecule is Cc1cccc(NC(=O)NCC(=O)N(CC(=O)OC(C)(C)C)c2ccc3c(c2)OCO3)c1. The summed E-state index contributed by atoms with van der Waals surface area (Å²) < 4.78 is 16.0. The monoisotopic (exact) mass is 441 g/mol. The van der Waals surface area contributed by atoms with E-state index in [1.165, 1.54) is 4.90 Å². The van der Waals surface area contributed by atoms with Crippen molar-refractivity contribution in [2.75, 3.05) is 30.1 Å². The third-order valence-electron chi connectivity index (χ3n) is 4.35. The predicted molar refractivity (Wildman–Crippen MR) is 119 cm³/mol. The van der Waals surface area contributed by atoms with Crippen LogP contribution in [0.15, 0.2) is 42.5 Å². The van der Waals surface area contributed by atoms with Crippen LogP contribution < -0.4 is 25.0 Å². The van der Waals surface area contributed by atoms with Gasteiger partial charge in [-0.3, -0.25) is 14.5 Å². The van der Waals surface area contributed by atoms with Gasteiger partial charge in [-0.05, 0) is 57.5 Å². The number of urea groups is 1. The number of nitrogens with zero attached hydrogens (tertiary/aromatic N) is 1. The number of carbonyl (C=O) groups excluding carboxylic acids is 3. The maximum absolute atomic E-state index is 13.0. The summed E-state index contributed by atoms with van der Waals surface area (Å²) >= 11 is 0. The number of hydrogen-bond acceptors (Lipinski definition) is 6. The minimum absolute atomic E-state index is 0.0828. The average molecular weight is 441 g/mol. The van der Waals surface area contributed by atoms with Crippen LogP contribution in [0.4, 0.5) is 16.2 Å². The maximum Gasteiger partial charge on any atom is 0.326 e. The van der Waals surface area contributed by atoms with E-state index >= 15 is 0 Å². The van der Waals surface area contributed by atoms with E-state index < -0.39 is 23.5 Å². The molecular formula is C23H27N3O6. The summed E-state index contributed by atoms with van der Waals surface area (Å²) in [7, 11) is 0. The molecule has 9 nitrogen and oxygen atoms in total. The Morgan fingerprint density at radius 3 is 2.53 bits per heavy atom. The fraction of sp³-hybridized carbons (Fsp3) is 0.348. The summed E-state index contributed by atoms with van der Waals surface area (Å²) in [4.78, 5) is 38.8. The number of benzene rings is 2. The number of ether oxygens (including phenoxy) is 3. The molecule has 3 amide bonds. The van der Waals surface area contributed by atoms with Crippen molar-refractivity contribution in [2.24, 2.45) is 0 Å². The minimum Gasteiger partial charge on any atom is -0.459 e. The van der Waals surface area contributed by atoms with Gasteiger partial charge in [0.2, 0.25) is 12.7 Å². The molecule has 32 heavy (non-hydrogen) atoms. The molecule has 2 aromatic rings. The van der Waals surface area contributed by atoms with Crippen molar-refractivity contribution in [3.63, 3.8) is 0 Å². The average Bonchev–Trinajstić information content (AvgIpc) is 3.17. The Bertz CT molecular complexity index is 1020. The zero-order valence-electron chi connectivity index (χ0n) is 18.6. The molecule has 0 saturated heterocycles. The standard InChI is InChI=1S/C23H27N3O6/c1-15-6-5-7-16(10-15)25-22(29)24-12-20(27)26(13-21(28)32-23(2,3)4)17-8-9-18-19(11-17)31-14-30-18/h5-11H,12-14H2,1-4H3,(H2,24,25,29). The van der Waals surface area contributed by atoms with Crippen LogP contribution in [0, 0.1) is 6.92 Å². The van der Waals surface area contributed by atoms with E-state index in [2.05, 4.69) is 10.6 Å². The van der Waals surface area contributed by atoms with Crippen LogP contribution in [0.1, 0.15) is 26.3 Å². The van der Waals surface area contributed by atoms with Gasteiger partial charge in [-0.2, -0.15) is 0 Å². The van der Waals surface area contributed by atoms with E-state index in [0.29, 0.717) is 22.9 Å². The Kier molecular flexibility index (Phi) is 6.87. The van der Waals surface area contributed by atoms with Gasteiger partial charge in [-0.25, -0.2) is 4.79 Å². The maximum atomic E-state index is 13.0. The second-order valence-electron chi connectivity index (χ2n) is 8.28. The van der Waals surface area contributed by atoms with Gasteiger partial charge in [0.1, 0.15) is 12.1 Å². The van der Waals surface area contributed by atoms with Crippen LogP contribution in [0.3, 0.4) is 0 Å². The highest BCUT2D eigenvalue weighted by molar-refractivity contribution is 6.01. The third-order valence-corrected chi connectivity index (χ3v) is 4.35. The highest BCUT2D eigenvalue weighted by Gasteiger charge is 2.25. The number of rotatable bonds is 6. The Balaban J connectivity index is 1.69. The number of amides is 3. The summed E-state index contributed by atoms with van der Waals surface area (Å²) in [5.74, 6) is -0.0504. The molecule has 2 N–H and O–H groups in total. The molecule has 0 saturated carbocycles. The molecule has 0 fully saturated rings. The fourth-order valence-electron chi connectivity index (χ4n) is 3.03. The molecule has 0 bridgehead atoms. The summed E-state index contributed by atoms with van der Waals surface area (Å²) in [6, 6.07) is 11.7. The van der Waals surface area contributed by atoms with Gasteiger partial charge in [0.05, 0.1) is 6.54 Å². The fourth-order valence-corrected chi connectivity index (χ4v) is 3.03. The summed E-state index contributed by atoms with van der Waals surface area (Å²) in [6.07, 6.45) is 0. The Morgan fingerprint density at radius 1 is 1.06 bits per heavy atom. The van der Waals surface area contributed by atoms with E-state index in [1.54, 1.807) is 45.0 Å². The molecule has 1 heterocycles. The van der Waals surface area contributed by atoms with Crippen molar-refractivity contribution in [2.45, 2.75) is 33.3 Å². The van der Waals surface area contributed by atoms with E-state index in [4.69, 9.17) is 14.2 Å². The van der Waals surface area contributed by atoms with Crippen LogP contribution in [-0.2, 0) is 14.3 Å². The van der Waals surface area contributed by atoms with E-state index in [1.807, 2.05) is 25.1 Å². The van der Waals surface area contributed by atoms with Crippen molar-refractivity contribution in [3.05, 3.63) is 48.0 Å². The zero-order chi connectivity index (χ0) is 23.3. The molecule has 0 aromatic heterocycles. The molecule has 1 aliphatic rings. The first-order valence-electron chi connectivity index (χ1n) is 10.1. The van der Waals surface area contributed by atoms with Crippen molar-refractivity contribution in [3.8, 4) is 11.5 Å². The van der Waals surface area contributed by atoms with Crippen molar-refractivity contribution >= 4 is 29.3 Å². The molecule has 0 atom stereocenters. The Labute approximate surface area is 186 Å². The van der Waals surface area contributed by atoms with Gasteiger partial charge < -0.3 is 24.8 Å². The molecule has 3 rings (SSSR count). The third kappa shape index (κ3) is 6.37. The zero-order valence-corrected chi connectivity index (χ0v) is 18.6. The molecule has 0 aliphatic carbocycles. The number of carbonyl (C=O) groups is 3. The Hall–Kier alpha value is -3.75. The smallest absolute Gasteiger partial charge is 0.326 e. The topological polar surface area (TPSA) is 106 Å².